The van der Waals surface area contributed by atoms with E-state index in [4.69, 9.17) is 11.6 Å². The topological polar surface area (TPSA) is 56.3 Å². The van der Waals surface area contributed by atoms with Crippen molar-refractivity contribution >= 4 is 33.5 Å². The van der Waals surface area contributed by atoms with Crippen LogP contribution in [0.3, 0.4) is 0 Å². The molecule has 0 aromatic carbocycles. The predicted molar refractivity (Wildman–Crippen MR) is 61.1 cm³/mol. The molecule has 1 aromatic rings. The molecule has 0 saturated carbocycles. The molecule has 1 aromatic heterocycles. The molecular formula is C8H10ClNO3S2. The molecule has 15 heavy (non-hydrogen) atoms. The van der Waals surface area contributed by atoms with Gasteiger partial charge in [0.15, 0.2) is 0 Å². The van der Waals surface area contributed by atoms with Gasteiger partial charge >= 0.3 is 10.1 Å². The summed E-state index contributed by atoms with van der Waals surface area (Å²) in [7, 11) is -3.59. The lowest BCUT2D eigenvalue weighted by Gasteiger charge is -2.05. The minimum Gasteiger partial charge on any atom is -0.360 e. The fraction of sp³-hybridized carbons (Fsp3) is 0.375. The molecule has 1 heterocycles. The number of halogens is 1. The molecule has 0 aliphatic rings. The molecule has 7 heteroatoms. The van der Waals surface area contributed by atoms with E-state index in [1.807, 2.05) is 6.92 Å². The van der Waals surface area contributed by atoms with Gasteiger partial charge in [0.1, 0.15) is 10.0 Å². The third-order valence-electron chi connectivity index (χ3n) is 1.31. The zero-order chi connectivity index (χ0) is 11.5. The Labute approximate surface area is 98.1 Å². The maximum absolute atomic E-state index is 10.9. The van der Waals surface area contributed by atoms with Gasteiger partial charge in [0.05, 0.1) is 6.26 Å². The average molecular weight is 268 g/mol. The second-order valence-electron chi connectivity index (χ2n) is 2.66. The zero-order valence-electron chi connectivity index (χ0n) is 8.23. The van der Waals surface area contributed by atoms with Crippen LogP contribution < -0.4 is 4.18 Å². The Hall–Kier alpha value is -0.460. The van der Waals surface area contributed by atoms with Crippen molar-refractivity contribution in [3.63, 3.8) is 0 Å². The molecular weight excluding hydrogens is 258 g/mol. The molecule has 0 atom stereocenters. The second-order valence-corrected chi connectivity index (χ2v) is 5.92. The number of nitrogens with zero attached hydrogens (tertiary/aromatic N) is 1. The Morgan fingerprint density at radius 1 is 1.53 bits per heavy atom. The Bertz CT molecular complexity index is 447. The highest BCUT2D eigenvalue weighted by Gasteiger charge is 2.11. The van der Waals surface area contributed by atoms with Crippen LogP contribution in [-0.2, 0) is 10.1 Å². The summed E-state index contributed by atoms with van der Waals surface area (Å²) in [6.07, 6.45) is 0.949. The van der Waals surface area contributed by atoms with Crippen LogP contribution in [0.25, 0.3) is 0 Å². The van der Waals surface area contributed by atoms with E-state index in [2.05, 4.69) is 9.17 Å². The van der Waals surface area contributed by atoms with E-state index in [1.54, 1.807) is 12.1 Å². The van der Waals surface area contributed by atoms with Gasteiger partial charge in [-0.2, -0.15) is 8.42 Å². The highest BCUT2D eigenvalue weighted by molar-refractivity contribution is 7.99. The van der Waals surface area contributed by atoms with Gasteiger partial charge in [-0.1, -0.05) is 18.5 Å². The molecule has 0 unspecified atom stereocenters. The van der Waals surface area contributed by atoms with Gasteiger partial charge in [0.25, 0.3) is 5.88 Å². The standard InChI is InChI=1S/C8H10ClNO3S2/c1-3-14-7-5-4-6(9)8(10-7)13-15(2,11)12/h4-5H,3H2,1-2H3. The summed E-state index contributed by atoms with van der Waals surface area (Å²) in [6.45, 7) is 1.97. The normalized spacial score (nSPS) is 11.4. The predicted octanol–water partition coefficient (Wildman–Crippen LogP) is 2.19. The molecule has 1 rings (SSSR count). The summed E-state index contributed by atoms with van der Waals surface area (Å²) in [5.74, 6) is 0.769. The van der Waals surface area contributed by atoms with Crippen LogP contribution in [0, 0.1) is 0 Å². The number of pyridine rings is 1. The van der Waals surface area contributed by atoms with Gasteiger partial charge in [-0.3, -0.25) is 0 Å². The molecule has 0 bridgehead atoms. The van der Waals surface area contributed by atoms with E-state index in [9.17, 15) is 8.42 Å². The van der Waals surface area contributed by atoms with Gasteiger partial charge in [0, 0.05) is 0 Å². The molecule has 0 saturated heterocycles. The van der Waals surface area contributed by atoms with Gasteiger partial charge < -0.3 is 4.18 Å². The molecule has 0 spiro atoms. The fourth-order valence-electron chi connectivity index (χ4n) is 0.837. The Morgan fingerprint density at radius 3 is 2.73 bits per heavy atom. The smallest absolute Gasteiger partial charge is 0.307 e. The first kappa shape index (κ1) is 12.6. The van der Waals surface area contributed by atoms with Gasteiger partial charge in [-0.25, -0.2) is 4.98 Å². The molecule has 4 nitrogen and oxygen atoms in total. The van der Waals surface area contributed by atoms with E-state index < -0.39 is 10.1 Å². The van der Waals surface area contributed by atoms with Crippen molar-refractivity contribution in [1.29, 1.82) is 0 Å². The SMILES string of the molecule is CCSc1ccc(Cl)c(OS(C)(=O)=O)n1. The molecule has 0 aliphatic heterocycles. The van der Waals surface area contributed by atoms with Crippen molar-refractivity contribution in [2.45, 2.75) is 11.9 Å². The summed E-state index contributed by atoms with van der Waals surface area (Å²) in [6, 6.07) is 3.28. The van der Waals surface area contributed by atoms with E-state index in [1.165, 1.54) is 11.8 Å². The van der Waals surface area contributed by atoms with Crippen LogP contribution in [0.15, 0.2) is 17.2 Å². The van der Waals surface area contributed by atoms with Gasteiger partial charge in [0.2, 0.25) is 0 Å². The highest BCUT2D eigenvalue weighted by atomic mass is 35.5. The average Bonchev–Trinajstić information content (AvgIpc) is 2.09. The number of thioether (sulfide) groups is 1. The lowest BCUT2D eigenvalue weighted by atomic mass is 10.5. The zero-order valence-corrected chi connectivity index (χ0v) is 10.6. The van der Waals surface area contributed by atoms with Crippen molar-refractivity contribution in [1.82, 2.24) is 4.98 Å². The fourth-order valence-corrected chi connectivity index (χ4v) is 2.05. The number of hydrogen-bond acceptors (Lipinski definition) is 5. The number of rotatable bonds is 4. The van der Waals surface area contributed by atoms with Crippen molar-refractivity contribution in [2.24, 2.45) is 0 Å². The van der Waals surface area contributed by atoms with E-state index >= 15 is 0 Å². The van der Waals surface area contributed by atoms with Crippen molar-refractivity contribution < 1.29 is 12.6 Å². The molecule has 0 radical (unpaired) electrons. The van der Waals surface area contributed by atoms with Gasteiger partial charge in [-0.05, 0) is 17.9 Å². The van der Waals surface area contributed by atoms with Crippen molar-refractivity contribution in [2.75, 3.05) is 12.0 Å². The molecule has 84 valence electrons. The third-order valence-corrected chi connectivity index (χ3v) is 2.87. The maximum atomic E-state index is 10.9. The van der Waals surface area contributed by atoms with Crippen molar-refractivity contribution in [3.8, 4) is 5.88 Å². The molecule has 0 amide bonds. The maximum Gasteiger partial charge on any atom is 0.307 e. The first-order valence-corrected chi connectivity index (χ1v) is 7.29. The molecule has 0 N–H and O–H groups in total. The first-order valence-electron chi connectivity index (χ1n) is 4.11. The quantitative estimate of drug-likeness (QED) is 0.618. The van der Waals surface area contributed by atoms with E-state index in [0.29, 0.717) is 5.03 Å². The largest absolute Gasteiger partial charge is 0.360 e. The minimum absolute atomic E-state index is 0.0717. The molecule has 0 aliphatic carbocycles. The highest BCUT2D eigenvalue weighted by Crippen LogP contribution is 2.26. The lowest BCUT2D eigenvalue weighted by molar-refractivity contribution is 0.480. The van der Waals surface area contributed by atoms with Crippen LogP contribution in [0.1, 0.15) is 6.92 Å². The van der Waals surface area contributed by atoms with Crippen LogP contribution in [-0.4, -0.2) is 25.4 Å². The van der Waals surface area contributed by atoms with Gasteiger partial charge in [-0.15, -0.1) is 11.8 Å². The minimum atomic E-state index is -3.59. The Kier molecular flexibility index (Phi) is 4.24. The van der Waals surface area contributed by atoms with Crippen LogP contribution in [0.2, 0.25) is 5.02 Å². The van der Waals surface area contributed by atoms with Crippen LogP contribution in [0.4, 0.5) is 0 Å². The van der Waals surface area contributed by atoms with Crippen LogP contribution in [0.5, 0.6) is 5.88 Å². The Balaban J connectivity index is 3.00. The second kappa shape index (κ2) is 5.05. The third kappa shape index (κ3) is 4.27. The first-order chi connectivity index (χ1) is 6.92. The summed E-state index contributed by atoms with van der Waals surface area (Å²) in [4.78, 5) is 3.98. The summed E-state index contributed by atoms with van der Waals surface area (Å²) in [5, 5.41) is 0.862. The molecule has 0 fully saturated rings. The summed E-state index contributed by atoms with van der Waals surface area (Å²) in [5.41, 5.74) is 0. The summed E-state index contributed by atoms with van der Waals surface area (Å²) < 4.78 is 26.4. The monoisotopic (exact) mass is 267 g/mol. The Morgan fingerprint density at radius 2 is 2.20 bits per heavy atom. The van der Waals surface area contributed by atoms with E-state index in [0.717, 1.165) is 12.0 Å². The number of aromatic nitrogens is 1. The number of hydrogen-bond donors (Lipinski definition) is 0. The van der Waals surface area contributed by atoms with Crippen LogP contribution >= 0.6 is 23.4 Å². The summed E-state index contributed by atoms with van der Waals surface area (Å²) >= 11 is 7.22. The lowest BCUT2D eigenvalue weighted by Crippen LogP contribution is -2.07. The van der Waals surface area contributed by atoms with E-state index in [-0.39, 0.29) is 10.9 Å². The van der Waals surface area contributed by atoms with Crippen molar-refractivity contribution in [3.05, 3.63) is 17.2 Å².